The van der Waals surface area contributed by atoms with Gasteiger partial charge >= 0.3 is 12.5 Å². The van der Waals surface area contributed by atoms with Crippen LogP contribution in [0, 0.1) is 29.1 Å². The van der Waals surface area contributed by atoms with Crippen LogP contribution >= 0.6 is 0 Å². The maximum absolute atomic E-state index is 14.7. The van der Waals surface area contributed by atoms with E-state index in [1.807, 2.05) is 6.92 Å². The number of aryl methyl sites for hydroxylation is 1. The van der Waals surface area contributed by atoms with Crippen LogP contribution in [0.5, 0.6) is 11.5 Å². The average Bonchev–Trinajstić information content (AvgIpc) is 2.89. The van der Waals surface area contributed by atoms with E-state index >= 15 is 0 Å². The lowest BCUT2D eigenvalue weighted by atomic mass is 9.98. The van der Waals surface area contributed by atoms with Crippen LogP contribution in [0.2, 0.25) is 0 Å². The Bertz CT molecular complexity index is 1540. The molecule has 0 saturated carbocycles. The van der Waals surface area contributed by atoms with E-state index in [9.17, 15) is 43.9 Å². The Morgan fingerprint density at radius 3 is 1.78 bits per heavy atom. The average molecular weight is 588 g/mol. The zero-order valence-corrected chi connectivity index (χ0v) is 20.9. The first-order chi connectivity index (χ1) is 19.2. The molecular weight excluding hydrogens is 570 g/mol. The number of hydrogen-bond acceptors (Lipinski definition) is 2. The van der Waals surface area contributed by atoms with E-state index in [0.29, 0.717) is 31.0 Å². The molecular formula is C29H18F10O2. The first-order valence-electron chi connectivity index (χ1n) is 11.9. The molecule has 4 aromatic carbocycles. The quantitative estimate of drug-likeness (QED) is 0.191. The maximum atomic E-state index is 14.7. The molecule has 0 fully saturated rings. The van der Waals surface area contributed by atoms with Gasteiger partial charge in [-0.15, -0.1) is 13.2 Å². The standard InChI is InChI=1S/C29H18F10O2/c1-2-3-17-8-10-20(26(34)25(17)33)16-6-4-15(5-7-16)18-12-22(31)27(23(32)13-18)41-28(35,36)19-9-11-24(21(30)14-19)40-29(37,38)39/h4-14H,2-3H2,1H3. The molecule has 0 amide bonds. The second kappa shape index (κ2) is 11.3. The normalized spacial score (nSPS) is 12.0. The summed E-state index contributed by atoms with van der Waals surface area (Å²) in [5.74, 6) is -9.91. The fourth-order valence-corrected chi connectivity index (χ4v) is 4.02. The minimum absolute atomic E-state index is 0.0289. The lowest BCUT2D eigenvalue weighted by molar-refractivity contribution is -0.275. The summed E-state index contributed by atoms with van der Waals surface area (Å²) in [5.41, 5.74) is -0.807. The number of benzene rings is 4. The zero-order chi connectivity index (χ0) is 30.1. The van der Waals surface area contributed by atoms with Crippen LogP contribution < -0.4 is 9.47 Å². The van der Waals surface area contributed by atoms with Crippen molar-refractivity contribution in [3.8, 4) is 33.8 Å². The Morgan fingerprint density at radius 2 is 1.22 bits per heavy atom. The Morgan fingerprint density at radius 1 is 0.610 bits per heavy atom. The third-order valence-corrected chi connectivity index (χ3v) is 5.93. The summed E-state index contributed by atoms with van der Waals surface area (Å²) >= 11 is 0. The molecule has 0 atom stereocenters. The lowest BCUT2D eigenvalue weighted by Gasteiger charge is -2.20. The summed E-state index contributed by atoms with van der Waals surface area (Å²) in [4.78, 5) is 0. The molecule has 0 aliphatic carbocycles. The fraction of sp³-hybridized carbons (Fsp3) is 0.172. The van der Waals surface area contributed by atoms with Gasteiger partial charge in [0.15, 0.2) is 40.6 Å². The van der Waals surface area contributed by atoms with Gasteiger partial charge in [-0.2, -0.15) is 8.78 Å². The van der Waals surface area contributed by atoms with Gasteiger partial charge in [-0.3, -0.25) is 0 Å². The zero-order valence-electron chi connectivity index (χ0n) is 20.9. The molecule has 0 spiro atoms. The third kappa shape index (κ3) is 6.58. The summed E-state index contributed by atoms with van der Waals surface area (Å²) in [6, 6.07) is 10.2. The summed E-state index contributed by atoms with van der Waals surface area (Å²) in [6.07, 6.45) is -8.88. The number of hydrogen-bond donors (Lipinski definition) is 0. The summed E-state index contributed by atoms with van der Waals surface area (Å²) in [5, 5.41) is 0. The van der Waals surface area contributed by atoms with Crippen molar-refractivity contribution >= 4 is 0 Å². The lowest BCUT2D eigenvalue weighted by Crippen LogP contribution is -2.24. The minimum Gasteiger partial charge on any atom is -0.423 e. The van der Waals surface area contributed by atoms with Crippen molar-refractivity contribution in [1.29, 1.82) is 0 Å². The van der Waals surface area contributed by atoms with Gasteiger partial charge in [0.2, 0.25) is 0 Å². The molecule has 0 radical (unpaired) electrons. The fourth-order valence-electron chi connectivity index (χ4n) is 4.02. The van der Waals surface area contributed by atoms with E-state index in [1.165, 1.54) is 36.4 Å². The predicted molar refractivity (Wildman–Crippen MR) is 129 cm³/mol. The van der Waals surface area contributed by atoms with Crippen LogP contribution in [0.3, 0.4) is 0 Å². The molecule has 12 heteroatoms. The SMILES string of the molecule is CCCc1ccc(-c2ccc(-c3cc(F)c(OC(F)(F)c4ccc(OC(F)(F)F)c(F)c4)c(F)c3)cc2)c(F)c1F. The van der Waals surface area contributed by atoms with Crippen molar-refractivity contribution in [2.75, 3.05) is 0 Å². The van der Waals surface area contributed by atoms with E-state index in [1.54, 1.807) is 0 Å². The topological polar surface area (TPSA) is 18.5 Å². The van der Waals surface area contributed by atoms with Gasteiger partial charge in [0.05, 0.1) is 5.56 Å². The molecule has 2 nitrogen and oxygen atoms in total. The van der Waals surface area contributed by atoms with Gasteiger partial charge in [-0.25, -0.2) is 22.0 Å². The molecule has 0 heterocycles. The van der Waals surface area contributed by atoms with Gasteiger partial charge in [-0.05, 0) is 59.0 Å². The minimum atomic E-state index is -5.29. The molecule has 0 saturated heterocycles. The smallest absolute Gasteiger partial charge is 0.423 e. The Balaban J connectivity index is 1.57. The van der Waals surface area contributed by atoms with E-state index in [-0.39, 0.29) is 39.9 Å². The molecule has 0 aromatic heterocycles. The van der Waals surface area contributed by atoms with E-state index in [0.717, 1.165) is 0 Å². The second-order valence-corrected chi connectivity index (χ2v) is 8.81. The summed E-state index contributed by atoms with van der Waals surface area (Å²) in [6.45, 7) is 1.82. The van der Waals surface area contributed by atoms with Crippen molar-refractivity contribution in [3.63, 3.8) is 0 Å². The molecule has 216 valence electrons. The van der Waals surface area contributed by atoms with Crippen molar-refractivity contribution in [1.82, 2.24) is 0 Å². The number of ether oxygens (including phenoxy) is 2. The number of halogens is 10. The van der Waals surface area contributed by atoms with E-state index in [4.69, 9.17) is 0 Å². The highest BCUT2D eigenvalue weighted by molar-refractivity contribution is 5.71. The third-order valence-electron chi connectivity index (χ3n) is 5.93. The van der Waals surface area contributed by atoms with Gasteiger partial charge in [0.25, 0.3) is 0 Å². The van der Waals surface area contributed by atoms with Crippen LogP contribution in [-0.2, 0) is 12.5 Å². The monoisotopic (exact) mass is 588 g/mol. The van der Waals surface area contributed by atoms with Crippen molar-refractivity contribution < 1.29 is 53.4 Å². The second-order valence-electron chi connectivity index (χ2n) is 8.81. The van der Waals surface area contributed by atoms with Crippen LogP contribution in [0.25, 0.3) is 22.3 Å². The molecule has 0 aliphatic rings. The Hall–Kier alpha value is -4.22. The summed E-state index contributed by atoms with van der Waals surface area (Å²) in [7, 11) is 0. The first-order valence-corrected chi connectivity index (χ1v) is 11.9. The van der Waals surface area contributed by atoms with Crippen molar-refractivity contribution in [2.45, 2.75) is 32.2 Å². The van der Waals surface area contributed by atoms with Crippen LogP contribution in [-0.4, -0.2) is 6.36 Å². The van der Waals surface area contributed by atoms with Crippen LogP contribution in [0.15, 0.2) is 66.7 Å². The maximum Gasteiger partial charge on any atom is 0.573 e. The van der Waals surface area contributed by atoms with Gasteiger partial charge in [0.1, 0.15) is 0 Å². The van der Waals surface area contributed by atoms with Crippen LogP contribution in [0.4, 0.5) is 43.9 Å². The highest BCUT2D eigenvalue weighted by Crippen LogP contribution is 2.38. The molecule has 0 aliphatic heterocycles. The molecule has 0 bridgehead atoms. The van der Waals surface area contributed by atoms with Crippen molar-refractivity contribution in [3.05, 3.63) is 107 Å². The van der Waals surface area contributed by atoms with E-state index in [2.05, 4.69) is 9.47 Å². The van der Waals surface area contributed by atoms with Gasteiger partial charge in [-0.1, -0.05) is 49.7 Å². The first kappa shape index (κ1) is 29.8. The predicted octanol–water partition coefficient (Wildman–Crippen LogP) is 9.70. The molecule has 4 aromatic rings. The molecule has 0 unspecified atom stereocenters. The van der Waals surface area contributed by atoms with Crippen LogP contribution in [0.1, 0.15) is 24.5 Å². The van der Waals surface area contributed by atoms with Crippen molar-refractivity contribution in [2.24, 2.45) is 0 Å². The number of rotatable bonds is 8. The molecule has 4 rings (SSSR count). The molecule has 0 N–H and O–H groups in total. The summed E-state index contributed by atoms with van der Waals surface area (Å²) < 4.78 is 146. The van der Waals surface area contributed by atoms with Gasteiger partial charge < -0.3 is 9.47 Å². The Kier molecular flexibility index (Phi) is 8.23. The highest BCUT2D eigenvalue weighted by atomic mass is 19.4. The highest BCUT2D eigenvalue weighted by Gasteiger charge is 2.39. The van der Waals surface area contributed by atoms with Gasteiger partial charge in [0, 0.05) is 5.56 Å². The van der Waals surface area contributed by atoms with E-state index < -0.39 is 58.6 Å². The number of alkyl halides is 5. The molecule has 41 heavy (non-hydrogen) atoms. The Labute approximate surface area is 226 Å². The largest absolute Gasteiger partial charge is 0.573 e.